The Morgan fingerprint density at radius 1 is 1.59 bits per heavy atom. The molecule has 92 valence electrons. The Morgan fingerprint density at radius 3 is 3.00 bits per heavy atom. The fourth-order valence-corrected chi connectivity index (χ4v) is 2.28. The fourth-order valence-electron chi connectivity index (χ4n) is 2.03. The molecule has 17 heavy (non-hydrogen) atoms. The molecule has 1 unspecified atom stereocenters. The third-order valence-electron chi connectivity index (χ3n) is 2.79. The SMILES string of the molecule is CC1CN(c2cccc(Cl)c2C(=O)O)CCO1. The lowest BCUT2D eigenvalue weighted by molar-refractivity contribution is 0.0528. The average Bonchev–Trinajstić information content (AvgIpc) is 2.28. The fraction of sp³-hybridized carbons (Fsp3) is 0.417. The molecule has 5 heteroatoms. The number of anilines is 1. The van der Waals surface area contributed by atoms with E-state index in [-0.39, 0.29) is 16.7 Å². The van der Waals surface area contributed by atoms with Gasteiger partial charge in [-0.05, 0) is 19.1 Å². The number of nitrogens with zero attached hydrogens (tertiary/aromatic N) is 1. The number of morpholine rings is 1. The van der Waals surface area contributed by atoms with Crippen molar-refractivity contribution >= 4 is 23.3 Å². The van der Waals surface area contributed by atoms with Crippen molar-refractivity contribution in [3.8, 4) is 0 Å². The van der Waals surface area contributed by atoms with Gasteiger partial charge in [0.2, 0.25) is 0 Å². The molecule has 1 saturated heterocycles. The Bertz CT molecular complexity index is 436. The van der Waals surface area contributed by atoms with Gasteiger partial charge in [-0.2, -0.15) is 0 Å². The zero-order chi connectivity index (χ0) is 12.4. The molecule has 0 bridgehead atoms. The number of hydrogen-bond donors (Lipinski definition) is 1. The van der Waals surface area contributed by atoms with Crippen LogP contribution in [0.25, 0.3) is 0 Å². The highest BCUT2D eigenvalue weighted by atomic mass is 35.5. The highest BCUT2D eigenvalue weighted by Crippen LogP contribution is 2.28. The number of rotatable bonds is 2. The van der Waals surface area contributed by atoms with Crippen LogP contribution in [0.2, 0.25) is 5.02 Å². The van der Waals surface area contributed by atoms with Gasteiger partial charge in [0.1, 0.15) is 5.56 Å². The normalized spacial score (nSPS) is 20.4. The minimum atomic E-state index is -0.996. The number of hydrogen-bond acceptors (Lipinski definition) is 3. The summed E-state index contributed by atoms with van der Waals surface area (Å²) in [6.45, 7) is 3.94. The van der Waals surface area contributed by atoms with Gasteiger partial charge in [0.15, 0.2) is 0 Å². The molecule has 1 fully saturated rings. The van der Waals surface area contributed by atoms with E-state index in [0.29, 0.717) is 25.4 Å². The van der Waals surface area contributed by atoms with Crippen LogP contribution in [-0.2, 0) is 4.74 Å². The van der Waals surface area contributed by atoms with Crippen LogP contribution in [0.5, 0.6) is 0 Å². The predicted octanol–water partition coefficient (Wildman–Crippen LogP) is 2.26. The Morgan fingerprint density at radius 2 is 2.35 bits per heavy atom. The Labute approximate surface area is 105 Å². The quantitative estimate of drug-likeness (QED) is 0.881. The zero-order valence-electron chi connectivity index (χ0n) is 9.52. The summed E-state index contributed by atoms with van der Waals surface area (Å²) in [7, 11) is 0. The van der Waals surface area contributed by atoms with Crippen molar-refractivity contribution < 1.29 is 14.6 Å². The molecule has 0 radical (unpaired) electrons. The van der Waals surface area contributed by atoms with Crippen molar-refractivity contribution in [3.63, 3.8) is 0 Å². The lowest BCUT2D eigenvalue weighted by Gasteiger charge is -2.33. The molecule has 1 aromatic carbocycles. The van der Waals surface area contributed by atoms with E-state index in [4.69, 9.17) is 16.3 Å². The van der Waals surface area contributed by atoms with Crippen LogP contribution >= 0.6 is 11.6 Å². The number of aromatic carboxylic acids is 1. The highest BCUT2D eigenvalue weighted by molar-refractivity contribution is 6.34. The minimum Gasteiger partial charge on any atom is -0.478 e. The van der Waals surface area contributed by atoms with E-state index >= 15 is 0 Å². The maximum Gasteiger partial charge on any atom is 0.339 e. The van der Waals surface area contributed by atoms with E-state index in [1.54, 1.807) is 18.2 Å². The highest BCUT2D eigenvalue weighted by Gasteiger charge is 2.23. The third kappa shape index (κ3) is 2.53. The van der Waals surface area contributed by atoms with E-state index in [9.17, 15) is 9.90 Å². The minimum absolute atomic E-state index is 0.101. The molecule has 0 saturated carbocycles. The van der Waals surface area contributed by atoms with Crippen molar-refractivity contribution in [1.82, 2.24) is 0 Å². The first kappa shape index (κ1) is 12.2. The maximum atomic E-state index is 11.2. The second-order valence-electron chi connectivity index (χ2n) is 4.07. The summed E-state index contributed by atoms with van der Waals surface area (Å²) >= 11 is 5.94. The predicted molar refractivity (Wildman–Crippen MR) is 66.0 cm³/mol. The van der Waals surface area contributed by atoms with Gasteiger partial charge in [0.25, 0.3) is 0 Å². The van der Waals surface area contributed by atoms with E-state index in [0.717, 1.165) is 0 Å². The van der Waals surface area contributed by atoms with Crippen molar-refractivity contribution in [2.75, 3.05) is 24.6 Å². The van der Waals surface area contributed by atoms with Crippen molar-refractivity contribution in [2.45, 2.75) is 13.0 Å². The van der Waals surface area contributed by atoms with Gasteiger partial charge in [-0.25, -0.2) is 4.79 Å². The molecule has 1 aliphatic heterocycles. The second-order valence-corrected chi connectivity index (χ2v) is 4.47. The van der Waals surface area contributed by atoms with Gasteiger partial charge >= 0.3 is 5.97 Å². The van der Waals surface area contributed by atoms with Crippen LogP contribution in [0.4, 0.5) is 5.69 Å². The van der Waals surface area contributed by atoms with Gasteiger partial charge < -0.3 is 14.7 Å². The van der Waals surface area contributed by atoms with Gasteiger partial charge in [-0.1, -0.05) is 17.7 Å². The smallest absolute Gasteiger partial charge is 0.339 e. The summed E-state index contributed by atoms with van der Waals surface area (Å²) in [5.74, 6) is -0.996. The first-order valence-corrected chi connectivity index (χ1v) is 5.85. The monoisotopic (exact) mass is 255 g/mol. The molecule has 1 N–H and O–H groups in total. The lowest BCUT2D eigenvalue weighted by Crippen LogP contribution is -2.41. The molecule has 0 amide bonds. The molecule has 1 heterocycles. The number of benzene rings is 1. The Kier molecular flexibility index (Phi) is 3.54. The number of carbonyl (C=O) groups is 1. The number of halogens is 1. The van der Waals surface area contributed by atoms with Crippen LogP contribution in [0.3, 0.4) is 0 Å². The summed E-state index contributed by atoms with van der Waals surface area (Å²) in [5, 5.41) is 9.47. The van der Waals surface area contributed by atoms with E-state index in [1.165, 1.54) is 0 Å². The standard InChI is InChI=1S/C12H14ClNO3/c1-8-7-14(5-6-17-8)10-4-2-3-9(13)11(10)12(15)16/h2-4,8H,5-7H2,1H3,(H,15,16). The summed E-state index contributed by atoms with van der Waals surface area (Å²) < 4.78 is 5.44. The average molecular weight is 256 g/mol. The lowest BCUT2D eigenvalue weighted by atomic mass is 10.1. The van der Waals surface area contributed by atoms with Crippen LogP contribution < -0.4 is 4.90 Å². The Hall–Kier alpha value is -1.26. The summed E-state index contributed by atoms with van der Waals surface area (Å²) in [5.41, 5.74) is 0.836. The summed E-state index contributed by atoms with van der Waals surface area (Å²) in [4.78, 5) is 13.2. The van der Waals surface area contributed by atoms with E-state index in [1.807, 2.05) is 11.8 Å². The molecule has 2 rings (SSSR count). The van der Waals surface area contributed by atoms with Crippen molar-refractivity contribution in [2.24, 2.45) is 0 Å². The number of carboxylic acids is 1. The van der Waals surface area contributed by atoms with E-state index < -0.39 is 5.97 Å². The number of carboxylic acid groups (broad SMARTS) is 1. The topological polar surface area (TPSA) is 49.8 Å². The first-order valence-electron chi connectivity index (χ1n) is 5.48. The van der Waals surface area contributed by atoms with Crippen molar-refractivity contribution in [1.29, 1.82) is 0 Å². The molecule has 0 aliphatic carbocycles. The molecule has 1 aliphatic rings. The third-order valence-corrected chi connectivity index (χ3v) is 3.10. The van der Waals surface area contributed by atoms with Gasteiger partial charge in [0, 0.05) is 13.1 Å². The maximum absolute atomic E-state index is 11.2. The van der Waals surface area contributed by atoms with E-state index in [2.05, 4.69) is 0 Å². The first-order chi connectivity index (χ1) is 8.09. The van der Waals surface area contributed by atoms with Crippen LogP contribution in [-0.4, -0.2) is 36.9 Å². The van der Waals surface area contributed by atoms with Gasteiger partial charge in [-0.15, -0.1) is 0 Å². The molecule has 0 spiro atoms. The van der Waals surface area contributed by atoms with Crippen LogP contribution in [0.15, 0.2) is 18.2 Å². The largest absolute Gasteiger partial charge is 0.478 e. The molecule has 1 aromatic rings. The van der Waals surface area contributed by atoms with Crippen LogP contribution in [0.1, 0.15) is 17.3 Å². The molecular weight excluding hydrogens is 242 g/mol. The molecular formula is C12H14ClNO3. The summed E-state index contributed by atoms with van der Waals surface area (Å²) in [6.07, 6.45) is 0.101. The molecule has 0 aromatic heterocycles. The second kappa shape index (κ2) is 4.94. The van der Waals surface area contributed by atoms with Crippen LogP contribution in [0, 0.1) is 0 Å². The van der Waals surface area contributed by atoms with Crippen molar-refractivity contribution in [3.05, 3.63) is 28.8 Å². The Balaban J connectivity index is 2.37. The van der Waals surface area contributed by atoms with Gasteiger partial charge in [-0.3, -0.25) is 0 Å². The molecule has 4 nitrogen and oxygen atoms in total. The van der Waals surface area contributed by atoms with Gasteiger partial charge in [0.05, 0.1) is 23.4 Å². The number of ether oxygens (including phenoxy) is 1. The zero-order valence-corrected chi connectivity index (χ0v) is 10.3. The molecule has 1 atom stereocenters. The summed E-state index contributed by atoms with van der Waals surface area (Å²) in [6, 6.07) is 5.15.